The standard InChI is InChI=1S/C16H18N2O3/c1-18(12-8-6-11(10-17)7-9-12)15(19)13-4-2-3-5-14(13)16(20)21/h6-9,13-14H,2-5H2,1H3,(H,20,21)/t13-,14+/m1/s1. The van der Waals surface area contributed by atoms with Crippen LogP contribution in [0.5, 0.6) is 0 Å². The molecule has 1 fully saturated rings. The Labute approximate surface area is 123 Å². The number of nitriles is 1. The van der Waals surface area contributed by atoms with Gasteiger partial charge in [-0.15, -0.1) is 0 Å². The molecule has 2 atom stereocenters. The van der Waals surface area contributed by atoms with Crippen molar-refractivity contribution in [2.45, 2.75) is 25.7 Å². The largest absolute Gasteiger partial charge is 0.481 e. The molecule has 0 aliphatic heterocycles. The molecule has 5 nitrogen and oxygen atoms in total. The first-order chi connectivity index (χ1) is 10.0. The molecule has 0 aromatic heterocycles. The molecule has 0 unspecified atom stereocenters. The summed E-state index contributed by atoms with van der Waals surface area (Å²) in [6, 6.07) is 8.73. The Morgan fingerprint density at radius 2 is 1.76 bits per heavy atom. The zero-order chi connectivity index (χ0) is 15.4. The van der Waals surface area contributed by atoms with Gasteiger partial charge in [0.2, 0.25) is 5.91 Å². The lowest BCUT2D eigenvalue weighted by Gasteiger charge is -2.31. The van der Waals surface area contributed by atoms with Gasteiger partial charge in [-0.05, 0) is 37.1 Å². The highest BCUT2D eigenvalue weighted by molar-refractivity contribution is 5.96. The molecule has 0 radical (unpaired) electrons. The van der Waals surface area contributed by atoms with E-state index in [1.807, 2.05) is 6.07 Å². The van der Waals surface area contributed by atoms with Crippen molar-refractivity contribution in [2.75, 3.05) is 11.9 Å². The summed E-state index contributed by atoms with van der Waals surface area (Å²) in [5.74, 6) is -2.10. The summed E-state index contributed by atoms with van der Waals surface area (Å²) in [6.07, 6.45) is 2.94. The highest BCUT2D eigenvalue weighted by atomic mass is 16.4. The summed E-state index contributed by atoms with van der Waals surface area (Å²) in [6.45, 7) is 0. The molecule has 1 amide bonds. The fourth-order valence-corrected chi connectivity index (χ4v) is 2.86. The molecule has 1 aliphatic carbocycles. The summed E-state index contributed by atoms with van der Waals surface area (Å²) in [4.78, 5) is 25.4. The van der Waals surface area contributed by atoms with Crippen LogP contribution in [0.1, 0.15) is 31.2 Å². The van der Waals surface area contributed by atoms with Crippen LogP contribution in [0, 0.1) is 23.2 Å². The molecule has 21 heavy (non-hydrogen) atoms. The van der Waals surface area contributed by atoms with Crippen molar-refractivity contribution in [3.8, 4) is 6.07 Å². The number of benzene rings is 1. The van der Waals surface area contributed by atoms with Gasteiger partial charge >= 0.3 is 5.97 Å². The van der Waals surface area contributed by atoms with Crippen molar-refractivity contribution >= 4 is 17.6 Å². The Morgan fingerprint density at radius 1 is 1.19 bits per heavy atom. The van der Waals surface area contributed by atoms with Gasteiger partial charge in [0.05, 0.1) is 23.5 Å². The highest BCUT2D eigenvalue weighted by Gasteiger charge is 2.37. The smallest absolute Gasteiger partial charge is 0.307 e. The van der Waals surface area contributed by atoms with Crippen LogP contribution < -0.4 is 4.90 Å². The fraction of sp³-hybridized carbons (Fsp3) is 0.438. The first-order valence-electron chi connectivity index (χ1n) is 7.05. The quantitative estimate of drug-likeness (QED) is 0.925. The SMILES string of the molecule is CN(C(=O)[C@@H]1CCCC[C@@H]1C(=O)O)c1ccc(C#N)cc1. The predicted molar refractivity (Wildman–Crippen MR) is 77.7 cm³/mol. The average molecular weight is 286 g/mol. The second kappa shape index (κ2) is 6.40. The molecule has 1 aliphatic rings. The first kappa shape index (κ1) is 15.0. The van der Waals surface area contributed by atoms with Gasteiger partial charge in [-0.3, -0.25) is 9.59 Å². The normalized spacial score (nSPS) is 21.3. The number of carboxylic acid groups (broad SMARTS) is 1. The van der Waals surface area contributed by atoms with Gasteiger partial charge in [-0.2, -0.15) is 5.26 Å². The van der Waals surface area contributed by atoms with Crippen LogP contribution in [0.25, 0.3) is 0 Å². The number of carbonyl (C=O) groups excluding carboxylic acids is 1. The molecule has 1 N–H and O–H groups in total. The fourth-order valence-electron chi connectivity index (χ4n) is 2.86. The Bertz CT molecular complexity index is 574. The van der Waals surface area contributed by atoms with E-state index in [0.717, 1.165) is 12.8 Å². The van der Waals surface area contributed by atoms with Gasteiger partial charge in [0, 0.05) is 12.7 Å². The third-order valence-electron chi connectivity index (χ3n) is 4.11. The lowest BCUT2D eigenvalue weighted by molar-refractivity contribution is -0.148. The second-order valence-electron chi connectivity index (χ2n) is 5.39. The molecular formula is C16H18N2O3. The molecule has 5 heteroatoms. The number of aliphatic carboxylic acids is 1. The Morgan fingerprint density at radius 3 is 2.29 bits per heavy atom. The molecule has 0 bridgehead atoms. The van der Waals surface area contributed by atoms with E-state index in [2.05, 4.69) is 0 Å². The van der Waals surface area contributed by atoms with Crippen LogP contribution in [0.3, 0.4) is 0 Å². The lowest BCUT2D eigenvalue weighted by atomic mass is 9.78. The van der Waals surface area contributed by atoms with Crippen LogP contribution in [0.15, 0.2) is 24.3 Å². The number of amides is 1. The number of rotatable bonds is 3. The Balaban J connectivity index is 2.17. The Kier molecular flexibility index (Phi) is 4.59. The zero-order valence-electron chi connectivity index (χ0n) is 12.0. The van der Waals surface area contributed by atoms with Gasteiger partial charge in [0.25, 0.3) is 0 Å². The van der Waals surface area contributed by atoms with Crippen molar-refractivity contribution in [1.29, 1.82) is 5.26 Å². The molecule has 0 saturated heterocycles. The van der Waals surface area contributed by atoms with Gasteiger partial charge < -0.3 is 10.0 Å². The molecule has 0 heterocycles. The highest BCUT2D eigenvalue weighted by Crippen LogP contribution is 2.32. The average Bonchev–Trinajstić information content (AvgIpc) is 2.53. The summed E-state index contributed by atoms with van der Waals surface area (Å²) in [5, 5.41) is 18.1. The van der Waals surface area contributed by atoms with Crippen LogP contribution in [-0.2, 0) is 9.59 Å². The Hall–Kier alpha value is -2.35. The number of nitrogens with zero attached hydrogens (tertiary/aromatic N) is 2. The topological polar surface area (TPSA) is 81.4 Å². The van der Waals surface area contributed by atoms with E-state index in [1.165, 1.54) is 4.90 Å². The molecule has 110 valence electrons. The van der Waals surface area contributed by atoms with Crippen molar-refractivity contribution in [2.24, 2.45) is 11.8 Å². The van der Waals surface area contributed by atoms with Crippen molar-refractivity contribution in [3.05, 3.63) is 29.8 Å². The maximum absolute atomic E-state index is 12.6. The van der Waals surface area contributed by atoms with E-state index >= 15 is 0 Å². The molecule has 1 aromatic carbocycles. The third-order valence-corrected chi connectivity index (χ3v) is 4.11. The first-order valence-corrected chi connectivity index (χ1v) is 7.05. The molecular weight excluding hydrogens is 268 g/mol. The van der Waals surface area contributed by atoms with E-state index in [-0.39, 0.29) is 5.91 Å². The molecule has 2 rings (SSSR count). The minimum absolute atomic E-state index is 0.160. The van der Waals surface area contributed by atoms with E-state index in [4.69, 9.17) is 5.26 Å². The minimum atomic E-state index is -0.888. The molecule has 1 saturated carbocycles. The monoisotopic (exact) mass is 286 g/mol. The maximum Gasteiger partial charge on any atom is 0.307 e. The number of carbonyl (C=O) groups is 2. The summed E-state index contributed by atoms with van der Waals surface area (Å²) < 4.78 is 0. The third kappa shape index (κ3) is 3.22. The number of anilines is 1. The van der Waals surface area contributed by atoms with Crippen molar-refractivity contribution in [1.82, 2.24) is 0 Å². The van der Waals surface area contributed by atoms with Crippen LogP contribution >= 0.6 is 0 Å². The van der Waals surface area contributed by atoms with Crippen LogP contribution in [-0.4, -0.2) is 24.0 Å². The number of hydrogen-bond donors (Lipinski definition) is 1. The summed E-state index contributed by atoms with van der Waals surface area (Å²) in [7, 11) is 1.65. The van der Waals surface area contributed by atoms with Crippen molar-refractivity contribution < 1.29 is 14.7 Å². The second-order valence-corrected chi connectivity index (χ2v) is 5.39. The van der Waals surface area contributed by atoms with Crippen molar-refractivity contribution in [3.63, 3.8) is 0 Å². The van der Waals surface area contributed by atoms with Gasteiger partial charge in [-0.25, -0.2) is 0 Å². The van der Waals surface area contributed by atoms with Gasteiger partial charge in [0.1, 0.15) is 0 Å². The molecule has 0 spiro atoms. The summed E-state index contributed by atoms with van der Waals surface area (Å²) in [5.41, 5.74) is 1.20. The number of carboxylic acids is 1. The van der Waals surface area contributed by atoms with Crippen LogP contribution in [0.2, 0.25) is 0 Å². The van der Waals surface area contributed by atoms with E-state index in [9.17, 15) is 14.7 Å². The van der Waals surface area contributed by atoms with Gasteiger partial charge in [0.15, 0.2) is 0 Å². The minimum Gasteiger partial charge on any atom is -0.481 e. The lowest BCUT2D eigenvalue weighted by Crippen LogP contribution is -2.40. The predicted octanol–water partition coefficient (Wildman–Crippen LogP) is 2.41. The maximum atomic E-state index is 12.6. The van der Waals surface area contributed by atoms with Gasteiger partial charge in [-0.1, -0.05) is 12.8 Å². The van der Waals surface area contributed by atoms with Crippen LogP contribution in [0.4, 0.5) is 5.69 Å². The zero-order valence-corrected chi connectivity index (χ0v) is 12.0. The van der Waals surface area contributed by atoms with E-state index in [1.54, 1.807) is 31.3 Å². The van der Waals surface area contributed by atoms with E-state index < -0.39 is 17.8 Å². The number of hydrogen-bond acceptors (Lipinski definition) is 3. The summed E-state index contributed by atoms with van der Waals surface area (Å²) >= 11 is 0. The van der Waals surface area contributed by atoms with E-state index in [0.29, 0.717) is 24.1 Å². The molecule has 1 aromatic rings.